The van der Waals surface area contributed by atoms with E-state index in [2.05, 4.69) is 0 Å². The van der Waals surface area contributed by atoms with E-state index in [1.807, 2.05) is 0 Å². The van der Waals surface area contributed by atoms with Crippen molar-refractivity contribution in [2.45, 2.75) is 36.9 Å². The lowest BCUT2D eigenvalue weighted by atomic mass is 9.85. The second-order valence-corrected chi connectivity index (χ2v) is 3.30. The molecule has 0 radical (unpaired) electrons. The lowest BCUT2D eigenvalue weighted by molar-refractivity contribution is -0.155. The number of aliphatic hydroxyl groups is 2. The lowest BCUT2D eigenvalue weighted by Gasteiger charge is -2.31. The Kier molecular flexibility index (Phi) is 2.30. The van der Waals surface area contributed by atoms with Crippen LogP contribution in [0.4, 0.5) is 0 Å². The van der Waals surface area contributed by atoms with Crippen molar-refractivity contribution in [1.29, 1.82) is 0 Å². The SMILES string of the molecule is O=CC[C@@]1(O)CCC[C@]1(O)C=O. The second kappa shape index (κ2) is 2.95. The molecule has 0 aromatic carbocycles. The van der Waals surface area contributed by atoms with Gasteiger partial charge in [0.25, 0.3) is 0 Å². The van der Waals surface area contributed by atoms with E-state index in [4.69, 9.17) is 0 Å². The number of rotatable bonds is 3. The Hall–Kier alpha value is -0.740. The minimum absolute atomic E-state index is 0.178. The molecular formula is C8H12O4. The number of carbonyl (C=O) groups excluding carboxylic acids is 2. The predicted octanol–water partition coefficient (Wildman–Crippen LogP) is -0.580. The fourth-order valence-electron chi connectivity index (χ4n) is 1.68. The summed E-state index contributed by atoms with van der Waals surface area (Å²) >= 11 is 0. The Balaban J connectivity index is 2.87. The molecule has 0 spiro atoms. The standard InChI is InChI=1S/C8H12O4/c9-5-4-7(11)2-1-3-8(7,12)6-10/h5-6,11-12H,1-4H2/t7-,8-/m0/s1. The zero-order valence-corrected chi connectivity index (χ0v) is 6.69. The van der Waals surface area contributed by atoms with Crippen molar-refractivity contribution in [2.75, 3.05) is 0 Å². The van der Waals surface area contributed by atoms with Crippen LogP contribution < -0.4 is 0 Å². The Labute approximate surface area is 70.2 Å². The third-order valence-corrected chi connectivity index (χ3v) is 2.57. The average Bonchev–Trinajstić information content (AvgIpc) is 2.30. The van der Waals surface area contributed by atoms with Crippen molar-refractivity contribution in [1.82, 2.24) is 0 Å². The molecule has 2 N–H and O–H groups in total. The van der Waals surface area contributed by atoms with Gasteiger partial charge in [0, 0.05) is 6.42 Å². The van der Waals surface area contributed by atoms with E-state index in [9.17, 15) is 19.8 Å². The molecule has 1 fully saturated rings. The maximum Gasteiger partial charge on any atom is 0.154 e. The Bertz CT molecular complexity index is 203. The molecule has 2 atom stereocenters. The van der Waals surface area contributed by atoms with Gasteiger partial charge >= 0.3 is 0 Å². The van der Waals surface area contributed by atoms with Gasteiger partial charge in [-0.05, 0) is 19.3 Å². The van der Waals surface area contributed by atoms with Crippen LogP contribution in [-0.4, -0.2) is 34.0 Å². The van der Waals surface area contributed by atoms with Gasteiger partial charge in [0.2, 0.25) is 0 Å². The van der Waals surface area contributed by atoms with Gasteiger partial charge in [-0.3, -0.25) is 0 Å². The van der Waals surface area contributed by atoms with Crippen molar-refractivity contribution in [3.05, 3.63) is 0 Å². The van der Waals surface area contributed by atoms with Crippen LogP contribution >= 0.6 is 0 Å². The van der Waals surface area contributed by atoms with E-state index in [-0.39, 0.29) is 12.8 Å². The molecule has 0 unspecified atom stereocenters. The van der Waals surface area contributed by atoms with E-state index in [1.165, 1.54) is 0 Å². The Morgan fingerprint density at radius 3 is 2.42 bits per heavy atom. The molecule has 1 saturated carbocycles. The van der Waals surface area contributed by atoms with E-state index >= 15 is 0 Å². The fraction of sp³-hybridized carbons (Fsp3) is 0.750. The first kappa shape index (κ1) is 9.35. The van der Waals surface area contributed by atoms with Gasteiger partial charge in [-0.1, -0.05) is 0 Å². The van der Waals surface area contributed by atoms with Crippen molar-refractivity contribution in [2.24, 2.45) is 0 Å². The molecular weight excluding hydrogens is 160 g/mol. The smallest absolute Gasteiger partial charge is 0.154 e. The largest absolute Gasteiger partial charge is 0.386 e. The molecule has 1 rings (SSSR count). The van der Waals surface area contributed by atoms with Gasteiger partial charge in [-0.25, -0.2) is 0 Å². The number of hydrogen-bond acceptors (Lipinski definition) is 4. The molecule has 0 amide bonds. The monoisotopic (exact) mass is 172 g/mol. The van der Waals surface area contributed by atoms with Gasteiger partial charge in [-0.2, -0.15) is 0 Å². The molecule has 0 bridgehead atoms. The Morgan fingerprint density at radius 1 is 1.25 bits per heavy atom. The minimum Gasteiger partial charge on any atom is -0.386 e. The summed E-state index contributed by atoms with van der Waals surface area (Å²) in [5.74, 6) is 0. The number of aldehydes is 2. The quantitative estimate of drug-likeness (QED) is 0.558. The highest BCUT2D eigenvalue weighted by Gasteiger charge is 2.52. The molecule has 0 aromatic heterocycles. The van der Waals surface area contributed by atoms with Crippen LogP contribution in [0.15, 0.2) is 0 Å². The number of carbonyl (C=O) groups is 2. The van der Waals surface area contributed by atoms with E-state index in [1.54, 1.807) is 0 Å². The normalized spacial score (nSPS) is 41.2. The summed E-state index contributed by atoms with van der Waals surface area (Å²) in [6, 6.07) is 0. The van der Waals surface area contributed by atoms with Crippen LogP contribution in [0.2, 0.25) is 0 Å². The maximum atomic E-state index is 10.5. The maximum absolute atomic E-state index is 10.5. The Morgan fingerprint density at radius 2 is 1.92 bits per heavy atom. The molecule has 1 aliphatic rings. The summed E-state index contributed by atoms with van der Waals surface area (Å²) in [6.45, 7) is 0. The molecule has 4 nitrogen and oxygen atoms in total. The van der Waals surface area contributed by atoms with E-state index < -0.39 is 11.2 Å². The van der Waals surface area contributed by atoms with Crippen LogP contribution in [0, 0.1) is 0 Å². The molecule has 0 heterocycles. The van der Waals surface area contributed by atoms with Crippen molar-refractivity contribution in [3.8, 4) is 0 Å². The van der Waals surface area contributed by atoms with E-state index in [0.29, 0.717) is 25.4 Å². The first-order valence-corrected chi connectivity index (χ1v) is 3.93. The molecule has 1 aliphatic carbocycles. The minimum atomic E-state index is -1.71. The first-order chi connectivity index (χ1) is 5.58. The highest BCUT2D eigenvalue weighted by atomic mass is 16.4. The molecule has 0 saturated heterocycles. The number of hydrogen-bond donors (Lipinski definition) is 2. The zero-order valence-electron chi connectivity index (χ0n) is 6.69. The average molecular weight is 172 g/mol. The molecule has 0 aliphatic heterocycles. The van der Waals surface area contributed by atoms with Crippen molar-refractivity contribution in [3.63, 3.8) is 0 Å². The predicted molar refractivity (Wildman–Crippen MR) is 40.5 cm³/mol. The summed E-state index contributed by atoms with van der Waals surface area (Å²) in [5, 5.41) is 19.3. The molecule has 68 valence electrons. The van der Waals surface area contributed by atoms with Gasteiger partial charge in [-0.15, -0.1) is 0 Å². The highest BCUT2D eigenvalue weighted by Crippen LogP contribution is 2.39. The van der Waals surface area contributed by atoms with Crippen LogP contribution in [0.3, 0.4) is 0 Å². The third kappa shape index (κ3) is 1.17. The van der Waals surface area contributed by atoms with Crippen LogP contribution in [0.5, 0.6) is 0 Å². The first-order valence-electron chi connectivity index (χ1n) is 3.93. The summed E-state index contributed by atoms with van der Waals surface area (Å²) < 4.78 is 0. The summed E-state index contributed by atoms with van der Waals surface area (Å²) in [7, 11) is 0. The second-order valence-electron chi connectivity index (χ2n) is 3.30. The van der Waals surface area contributed by atoms with Crippen LogP contribution in [0.25, 0.3) is 0 Å². The van der Waals surface area contributed by atoms with Gasteiger partial charge < -0.3 is 19.8 Å². The molecule has 12 heavy (non-hydrogen) atoms. The van der Waals surface area contributed by atoms with E-state index in [0.717, 1.165) is 0 Å². The summed E-state index contributed by atoms with van der Waals surface area (Å²) in [5.41, 5.74) is -3.25. The topological polar surface area (TPSA) is 74.6 Å². The third-order valence-electron chi connectivity index (χ3n) is 2.57. The van der Waals surface area contributed by atoms with Crippen LogP contribution in [0.1, 0.15) is 25.7 Å². The lowest BCUT2D eigenvalue weighted by Crippen LogP contribution is -2.51. The summed E-state index contributed by atoms with van der Waals surface area (Å²) in [6.07, 6.45) is 1.80. The van der Waals surface area contributed by atoms with Gasteiger partial charge in [0.1, 0.15) is 17.5 Å². The zero-order chi connectivity index (χ0) is 9.24. The van der Waals surface area contributed by atoms with Gasteiger partial charge in [0.05, 0.1) is 0 Å². The molecule has 4 heteroatoms. The van der Waals surface area contributed by atoms with Gasteiger partial charge in [0.15, 0.2) is 6.29 Å². The summed E-state index contributed by atoms with van der Waals surface area (Å²) in [4.78, 5) is 20.7. The molecule has 0 aromatic rings. The van der Waals surface area contributed by atoms with Crippen molar-refractivity contribution >= 4 is 12.6 Å². The fourth-order valence-corrected chi connectivity index (χ4v) is 1.68. The highest BCUT2D eigenvalue weighted by molar-refractivity contribution is 5.68. The van der Waals surface area contributed by atoms with Crippen LogP contribution in [-0.2, 0) is 9.59 Å². The van der Waals surface area contributed by atoms with Crippen molar-refractivity contribution < 1.29 is 19.8 Å².